The quantitative estimate of drug-likeness (QED) is 0.434. The summed E-state index contributed by atoms with van der Waals surface area (Å²) in [7, 11) is 0. The molecule has 0 aliphatic carbocycles. The van der Waals surface area contributed by atoms with Gasteiger partial charge in [0.1, 0.15) is 0 Å². The molecule has 35 heavy (non-hydrogen) atoms. The maximum Gasteiger partial charge on any atom is 0.224 e. The standard InChI is InChI=1S/C28H31N5O2/c1-20-25(21(2)33-27(29-20)18-26(31-33)23-6-4-3-5-7-23)12-13-28(34)30-24-10-8-22(9-11-24)19-32-14-16-35-17-15-32/h3-11,18H,12-17,19H2,1-2H3,(H,30,34). The summed E-state index contributed by atoms with van der Waals surface area (Å²) in [6.45, 7) is 8.47. The van der Waals surface area contributed by atoms with Crippen molar-refractivity contribution in [1.82, 2.24) is 19.5 Å². The maximum atomic E-state index is 12.7. The fourth-order valence-electron chi connectivity index (χ4n) is 4.61. The first kappa shape index (κ1) is 23.2. The van der Waals surface area contributed by atoms with E-state index in [1.54, 1.807) is 0 Å². The molecule has 1 saturated heterocycles. The van der Waals surface area contributed by atoms with Crippen molar-refractivity contribution in [2.45, 2.75) is 33.2 Å². The molecule has 1 N–H and O–H groups in total. The van der Waals surface area contributed by atoms with Crippen LogP contribution in [0.5, 0.6) is 0 Å². The number of nitrogens with one attached hydrogen (secondary N) is 1. The lowest BCUT2D eigenvalue weighted by atomic mass is 10.1. The van der Waals surface area contributed by atoms with Gasteiger partial charge in [0, 0.05) is 54.8 Å². The second-order valence-electron chi connectivity index (χ2n) is 9.06. The number of carbonyl (C=O) groups is 1. The van der Waals surface area contributed by atoms with E-state index in [1.165, 1.54) is 5.56 Å². The van der Waals surface area contributed by atoms with Gasteiger partial charge in [0.2, 0.25) is 5.91 Å². The highest BCUT2D eigenvalue weighted by molar-refractivity contribution is 5.90. The second-order valence-corrected chi connectivity index (χ2v) is 9.06. The summed E-state index contributed by atoms with van der Waals surface area (Å²) in [6.07, 6.45) is 0.999. The molecule has 4 aromatic rings. The number of nitrogens with zero attached hydrogens (tertiary/aromatic N) is 4. The van der Waals surface area contributed by atoms with Crippen molar-refractivity contribution in [3.63, 3.8) is 0 Å². The molecule has 0 radical (unpaired) electrons. The van der Waals surface area contributed by atoms with Crippen LogP contribution in [0, 0.1) is 13.8 Å². The summed E-state index contributed by atoms with van der Waals surface area (Å²) in [6, 6.07) is 20.2. The molecule has 1 fully saturated rings. The molecule has 0 bridgehead atoms. The number of hydrogen-bond donors (Lipinski definition) is 1. The first-order chi connectivity index (χ1) is 17.1. The summed E-state index contributed by atoms with van der Waals surface area (Å²) in [5.74, 6) is -0.00438. The third-order valence-electron chi connectivity index (χ3n) is 6.58. The van der Waals surface area contributed by atoms with E-state index in [9.17, 15) is 4.79 Å². The first-order valence-corrected chi connectivity index (χ1v) is 12.2. The molecule has 1 aliphatic rings. The van der Waals surface area contributed by atoms with Crippen LogP contribution in [-0.4, -0.2) is 51.7 Å². The van der Waals surface area contributed by atoms with E-state index in [-0.39, 0.29) is 5.91 Å². The number of benzene rings is 2. The van der Waals surface area contributed by atoms with Gasteiger partial charge in [0.15, 0.2) is 5.65 Å². The molecule has 1 aliphatic heterocycles. The summed E-state index contributed by atoms with van der Waals surface area (Å²) in [4.78, 5) is 19.8. The van der Waals surface area contributed by atoms with Crippen LogP contribution in [0.25, 0.3) is 16.9 Å². The smallest absolute Gasteiger partial charge is 0.224 e. The molecule has 0 spiro atoms. The van der Waals surface area contributed by atoms with Crippen molar-refractivity contribution in [1.29, 1.82) is 0 Å². The second kappa shape index (κ2) is 10.4. The van der Waals surface area contributed by atoms with Crippen molar-refractivity contribution in [2.24, 2.45) is 0 Å². The Morgan fingerprint density at radius 3 is 2.51 bits per heavy atom. The summed E-state index contributed by atoms with van der Waals surface area (Å²) >= 11 is 0. The molecule has 180 valence electrons. The first-order valence-electron chi connectivity index (χ1n) is 12.2. The van der Waals surface area contributed by atoms with Crippen LogP contribution in [-0.2, 0) is 22.5 Å². The number of aromatic nitrogens is 3. The zero-order chi connectivity index (χ0) is 24.2. The third kappa shape index (κ3) is 5.42. The number of ether oxygens (including phenoxy) is 1. The molecular weight excluding hydrogens is 438 g/mol. The zero-order valence-corrected chi connectivity index (χ0v) is 20.3. The Bertz CT molecular complexity index is 1310. The lowest BCUT2D eigenvalue weighted by Gasteiger charge is -2.26. The van der Waals surface area contributed by atoms with E-state index in [0.717, 1.165) is 72.4 Å². The Morgan fingerprint density at radius 2 is 1.77 bits per heavy atom. The highest BCUT2D eigenvalue weighted by Crippen LogP contribution is 2.23. The Hall–Kier alpha value is -3.55. The van der Waals surface area contributed by atoms with Crippen LogP contribution in [0.15, 0.2) is 60.7 Å². The van der Waals surface area contributed by atoms with E-state index < -0.39 is 0 Å². The molecule has 3 heterocycles. The van der Waals surface area contributed by atoms with Crippen molar-refractivity contribution >= 4 is 17.2 Å². The van der Waals surface area contributed by atoms with Crippen molar-refractivity contribution in [2.75, 3.05) is 31.6 Å². The van der Waals surface area contributed by atoms with Crippen molar-refractivity contribution < 1.29 is 9.53 Å². The van der Waals surface area contributed by atoms with E-state index in [2.05, 4.69) is 22.3 Å². The lowest BCUT2D eigenvalue weighted by Crippen LogP contribution is -2.35. The molecule has 0 unspecified atom stereocenters. The molecule has 5 rings (SSSR count). The predicted molar refractivity (Wildman–Crippen MR) is 137 cm³/mol. The molecule has 0 atom stereocenters. The fraction of sp³-hybridized carbons (Fsp3) is 0.321. The largest absolute Gasteiger partial charge is 0.379 e. The molecule has 1 amide bonds. The highest BCUT2D eigenvalue weighted by atomic mass is 16.5. The molecular formula is C28H31N5O2. The number of rotatable bonds is 7. The molecule has 2 aromatic carbocycles. The normalized spacial score (nSPS) is 14.3. The minimum Gasteiger partial charge on any atom is -0.379 e. The van der Waals surface area contributed by atoms with E-state index in [0.29, 0.717) is 12.8 Å². The van der Waals surface area contributed by atoms with Crippen LogP contribution in [0.4, 0.5) is 5.69 Å². The van der Waals surface area contributed by atoms with E-state index >= 15 is 0 Å². The average Bonchev–Trinajstić information content (AvgIpc) is 3.30. The van der Waals surface area contributed by atoms with Gasteiger partial charge in [0.25, 0.3) is 0 Å². The van der Waals surface area contributed by atoms with Crippen molar-refractivity contribution in [3.05, 3.63) is 83.2 Å². The number of hydrogen-bond acceptors (Lipinski definition) is 5. The van der Waals surface area contributed by atoms with Crippen LogP contribution >= 0.6 is 0 Å². The number of carbonyl (C=O) groups excluding carboxylic acids is 1. The van der Waals surface area contributed by atoms with Crippen LogP contribution in [0.3, 0.4) is 0 Å². The number of morpholine rings is 1. The maximum absolute atomic E-state index is 12.7. The summed E-state index contributed by atoms with van der Waals surface area (Å²) < 4.78 is 7.30. The van der Waals surface area contributed by atoms with Gasteiger partial charge in [-0.1, -0.05) is 42.5 Å². The van der Waals surface area contributed by atoms with Gasteiger partial charge < -0.3 is 10.1 Å². The zero-order valence-electron chi connectivity index (χ0n) is 20.3. The summed E-state index contributed by atoms with van der Waals surface area (Å²) in [5, 5.41) is 7.80. The van der Waals surface area contributed by atoms with Gasteiger partial charge in [-0.2, -0.15) is 5.10 Å². The molecule has 0 saturated carbocycles. The van der Waals surface area contributed by atoms with Crippen LogP contribution in [0.1, 0.15) is 28.9 Å². The van der Waals surface area contributed by atoms with E-state index in [4.69, 9.17) is 14.8 Å². The number of anilines is 1. The summed E-state index contributed by atoms with van der Waals surface area (Å²) in [5.41, 5.74) is 7.87. The van der Waals surface area contributed by atoms with Crippen LogP contribution in [0.2, 0.25) is 0 Å². The Labute approximate surface area is 205 Å². The van der Waals surface area contributed by atoms with Gasteiger partial charge >= 0.3 is 0 Å². The van der Waals surface area contributed by atoms with Gasteiger partial charge in [0.05, 0.1) is 18.9 Å². The van der Waals surface area contributed by atoms with E-state index in [1.807, 2.05) is 66.9 Å². The lowest BCUT2D eigenvalue weighted by molar-refractivity contribution is -0.116. The Morgan fingerprint density at radius 1 is 1.03 bits per heavy atom. The minimum atomic E-state index is -0.00438. The number of amides is 1. The average molecular weight is 470 g/mol. The predicted octanol–water partition coefficient (Wildman–Crippen LogP) is 4.42. The third-order valence-corrected chi connectivity index (χ3v) is 6.58. The Kier molecular flexibility index (Phi) is 6.88. The molecule has 2 aromatic heterocycles. The molecule has 7 nitrogen and oxygen atoms in total. The molecule has 7 heteroatoms. The SMILES string of the molecule is Cc1nc2cc(-c3ccccc3)nn2c(C)c1CCC(=O)Nc1ccc(CN2CCOCC2)cc1. The number of fused-ring (bicyclic) bond motifs is 1. The fourth-order valence-corrected chi connectivity index (χ4v) is 4.61. The highest BCUT2D eigenvalue weighted by Gasteiger charge is 2.15. The van der Waals surface area contributed by atoms with Crippen molar-refractivity contribution in [3.8, 4) is 11.3 Å². The Balaban J connectivity index is 1.22. The minimum absolute atomic E-state index is 0.00438. The van der Waals surface area contributed by atoms with Gasteiger partial charge in [-0.25, -0.2) is 9.50 Å². The van der Waals surface area contributed by atoms with Gasteiger partial charge in [-0.15, -0.1) is 0 Å². The monoisotopic (exact) mass is 469 g/mol. The number of aryl methyl sites for hydroxylation is 2. The van der Waals surface area contributed by atoms with Gasteiger partial charge in [-0.05, 0) is 43.5 Å². The van der Waals surface area contributed by atoms with Crippen LogP contribution < -0.4 is 5.32 Å². The van der Waals surface area contributed by atoms with Gasteiger partial charge in [-0.3, -0.25) is 9.69 Å². The topological polar surface area (TPSA) is 71.8 Å².